The summed E-state index contributed by atoms with van der Waals surface area (Å²) in [4.78, 5) is 1.92. The molecule has 0 atom stereocenters. The molecule has 8 aromatic carbocycles. The van der Waals surface area contributed by atoms with E-state index in [2.05, 4.69) is 0 Å². The van der Waals surface area contributed by atoms with Crippen molar-refractivity contribution in [3.8, 4) is 5.75 Å². The third-order valence-corrected chi connectivity index (χ3v) is 21.9. The van der Waals surface area contributed by atoms with Crippen LogP contribution < -0.4 is 128 Å². The van der Waals surface area contributed by atoms with E-state index < -0.39 is 71.4 Å². The zero-order valence-electron chi connectivity index (χ0n) is 59.8. The van der Waals surface area contributed by atoms with Gasteiger partial charge in [0.25, 0.3) is 20.2 Å². The standard InChI is InChI=1S/C37H36N2O10S3.C37H36N2O9S3.4Na/c1-3-38(24-26-7-5-9-33(21-26)50(41,42)43)30-15-11-28(12-16-30)37(35-20-19-32(40)23-36(35)52(47,48)49)29-13-17-31(18-14-29)39(4-2)25-27-8-6-10-34(22-27)51(44,45)46;1-3-38(25-27-9-7-11-33(23-27)49(40,41)42)31-19-15-29(16-20-31)37(35-13-5-6-14-36(35)51(46,47)48)30-17-21-32(22-18-30)39(4-2)26-28-10-8-12-34(24-28)50(43,44)45;;;;/h5-23H,3-4,24-25H2,1-2H3,(H3,41,42,43,44,45,46,47,48,49);5-24H,3-4,25-26H2,1-2H3,(H2-,40,41,42,43,44,45,46,47,48);;;;/q;;4*+1/p-2. The van der Waals surface area contributed by atoms with Gasteiger partial charge in [0.2, 0.25) is 0 Å². The molecule has 0 radical (unpaired) electrons. The Bertz CT molecular complexity index is 5560. The van der Waals surface area contributed by atoms with Gasteiger partial charge in [0, 0.05) is 84.1 Å². The number of hydrogen-bond acceptors (Lipinski definition) is 19. The number of nitrogens with zero attached hydrogens (tertiary/aromatic N) is 4. The molecule has 0 aliphatic heterocycles. The zero-order chi connectivity index (χ0) is 74.8. The molecule has 8 aromatic rings. The van der Waals surface area contributed by atoms with Gasteiger partial charge < -0.3 is 33.1 Å². The Morgan fingerprint density at radius 3 is 1.06 bits per heavy atom. The second kappa shape index (κ2) is 39.5. The van der Waals surface area contributed by atoms with Gasteiger partial charge in [-0.05, 0) is 194 Å². The molecule has 0 aromatic heterocycles. The van der Waals surface area contributed by atoms with Gasteiger partial charge in [-0.15, -0.1) is 0 Å². The van der Waals surface area contributed by atoms with Crippen molar-refractivity contribution in [1.82, 2.24) is 0 Å². The first kappa shape index (κ1) is 92.0. The van der Waals surface area contributed by atoms with Gasteiger partial charge in [0.1, 0.15) is 64.2 Å². The molecule has 33 heteroatoms. The maximum Gasteiger partial charge on any atom is 1.00 e. The van der Waals surface area contributed by atoms with E-state index in [-0.39, 0.29) is 154 Å². The average Bonchev–Trinajstić information content (AvgIpc) is 0.781. The summed E-state index contributed by atoms with van der Waals surface area (Å²) in [6, 6.07) is 47.7. The van der Waals surface area contributed by atoms with Crippen LogP contribution in [0.25, 0.3) is 11.1 Å². The van der Waals surface area contributed by atoms with Crippen molar-refractivity contribution in [1.29, 1.82) is 0 Å². The van der Waals surface area contributed by atoms with E-state index >= 15 is 0 Å². The second-order valence-corrected chi connectivity index (χ2v) is 31.8. The second-order valence-electron chi connectivity index (χ2n) is 23.5. The summed E-state index contributed by atoms with van der Waals surface area (Å²) in [5.41, 5.74) is 9.32. The van der Waals surface area contributed by atoms with Crippen molar-refractivity contribution in [2.45, 2.75) is 83.2 Å². The largest absolute Gasteiger partial charge is 1.00 e. The molecule has 0 heterocycles. The van der Waals surface area contributed by atoms with E-state index in [1.807, 2.05) is 95.2 Å². The molecule has 2 aliphatic carbocycles. The van der Waals surface area contributed by atoms with Crippen LogP contribution in [-0.4, -0.2) is 130 Å². The number of phenols is 1. The van der Waals surface area contributed by atoms with Gasteiger partial charge in [-0.3, -0.25) is 9.11 Å². The molecule has 3 N–H and O–H groups in total. The quantitative estimate of drug-likeness (QED) is 0.0351. The van der Waals surface area contributed by atoms with Crippen LogP contribution in [0.5, 0.6) is 5.75 Å². The molecule has 0 spiro atoms. The number of hydrogen-bond donors (Lipinski definition) is 3. The number of aromatic hydroxyl groups is 1. The fourth-order valence-electron chi connectivity index (χ4n) is 11.8. The van der Waals surface area contributed by atoms with Crippen molar-refractivity contribution in [2.24, 2.45) is 0 Å². The molecule has 0 saturated heterocycles. The topological polar surface area (TPSA) is 370 Å². The van der Waals surface area contributed by atoms with Crippen molar-refractivity contribution < 1.29 is 210 Å². The maximum atomic E-state index is 12.5. The third kappa shape index (κ3) is 24.7. The van der Waals surface area contributed by atoms with E-state index in [0.717, 1.165) is 28.9 Å². The zero-order valence-corrected chi connectivity index (χ0v) is 72.7. The van der Waals surface area contributed by atoms with Crippen LogP contribution in [0.4, 0.5) is 11.4 Å². The van der Waals surface area contributed by atoms with E-state index in [9.17, 15) is 82.9 Å². The molecule has 0 bridgehead atoms. The normalized spacial score (nSPS) is 12.8. The summed E-state index contributed by atoms with van der Waals surface area (Å²) < 4.78 is 213. The van der Waals surface area contributed by atoms with Gasteiger partial charge in [-0.25, -0.2) is 42.8 Å². The summed E-state index contributed by atoms with van der Waals surface area (Å²) in [5, 5.41) is 10.1. The fraction of sp³-hybridized carbons (Fsp3) is 0.162. The molecular formula is C74H70N4Na4O19S6+2. The summed E-state index contributed by atoms with van der Waals surface area (Å²) in [6.45, 7) is 11.1. The van der Waals surface area contributed by atoms with E-state index in [4.69, 9.17) is 0 Å². The minimum Gasteiger partial charge on any atom is -0.744 e. The molecular weight excluding hydrogens is 1530 g/mol. The number of rotatable bonds is 24. The van der Waals surface area contributed by atoms with Crippen LogP contribution >= 0.6 is 0 Å². The molecule has 0 fully saturated rings. The Morgan fingerprint density at radius 2 is 0.710 bits per heavy atom. The van der Waals surface area contributed by atoms with Crippen LogP contribution in [0.3, 0.4) is 0 Å². The predicted molar refractivity (Wildman–Crippen MR) is 386 cm³/mol. The van der Waals surface area contributed by atoms with Gasteiger partial charge in [0.15, 0.2) is 24.5 Å². The van der Waals surface area contributed by atoms with Crippen molar-refractivity contribution in [2.75, 3.05) is 36.0 Å². The molecule has 23 nitrogen and oxygen atoms in total. The Labute approximate surface area is 713 Å². The number of benzene rings is 8. The molecule has 0 amide bonds. The van der Waals surface area contributed by atoms with Gasteiger partial charge in [0.05, 0.1) is 24.5 Å². The third-order valence-electron chi connectivity index (χ3n) is 16.8. The Morgan fingerprint density at radius 1 is 0.364 bits per heavy atom. The minimum absolute atomic E-state index is 0. The number of allylic oxidation sites excluding steroid dienone is 10. The predicted octanol–water partition coefficient (Wildman–Crippen LogP) is -1.54. The van der Waals surface area contributed by atoms with Crippen molar-refractivity contribution in [3.63, 3.8) is 0 Å². The summed E-state index contributed by atoms with van der Waals surface area (Å²) in [5.74, 6) is -0.396. The van der Waals surface area contributed by atoms with E-state index in [0.29, 0.717) is 108 Å². The van der Waals surface area contributed by atoms with Crippen LogP contribution in [-0.2, 0) is 86.9 Å². The number of phenolic OH excluding ortho intramolecular Hbond substituents is 1. The minimum atomic E-state index is -5.04. The van der Waals surface area contributed by atoms with Crippen LogP contribution in [0.2, 0.25) is 0 Å². The summed E-state index contributed by atoms with van der Waals surface area (Å²) in [7, 11) is -27.9. The first-order valence-electron chi connectivity index (χ1n) is 31.8. The molecule has 2 aliphatic rings. The molecule has 0 saturated carbocycles. The first-order chi connectivity index (χ1) is 48.6. The van der Waals surface area contributed by atoms with E-state index in [1.165, 1.54) is 91.0 Å². The fourth-order valence-corrected chi connectivity index (χ4v) is 15.3. The van der Waals surface area contributed by atoms with Crippen LogP contribution in [0.1, 0.15) is 72.2 Å². The summed E-state index contributed by atoms with van der Waals surface area (Å²) in [6.07, 6.45) is 14.5. The van der Waals surface area contributed by atoms with Gasteiger partial charge >= 0.3 is 118 Å². The van der Waals surface area contributed by atoms with Crippen molar-refractivity contribution >= 4 is 94.7 Å². The summed E-state index contributed by atoms with van der Waals surface area (Å²) >= 11 is 0. The number of anilines is 2. The molecule has 107 heavy (non-hydrogen) atoms. The Hall–Kier alpha value is -5.60. The Balaban J connectivity index is 0.000000370. The van der Waals surface area contributed by atoms with E-state index in [1.54, 1.807) is 91.0 Å². The monoisotopic (exact) mass is 1600 g/mol. The van der Waals surface area contributed by atoms with Crippen LogP contribution in [0, 0.1) is 0 Å². The van der Waals surface area contributed by atoms with Crippen molar-refractivity contribution in [3.05, 3.63) is 292 Å². The van der Waals surface area contributed by atoms with Gasteiger partial charge in [-0.1, -0.05) is 91.0 Å². The first-order valence-corrected chi connectivity index (χ1v) is 40.3. The molecule has 0 unspecified atom stereocenters. The SMILES string of the molecule is CCN(Cc1cccc(S(=O)(=O)[O-])c1)c1ccc(C(=C2C=CC(=[N+](CC)Cc3cccc(S(=O)(=O)O)c3)C=C2)c2ccc(O)cc2S(=O)(=O)[O-])cc1.CCN(Cc1cccc(S(=O)(=O)[O-])c1)c1ccc(C(=C2C=CC(=[N+](CC)Cc3cccc(S(=O)(=O)[O-])c3)C=C2)c2ccccc2S(=O)(=O)O)cc1.[Na+].[Na+].[Na+].[Na+]. The molecule has 10 rings (SSSR count). The average molecular weight is 1600 g/mol. The molecule has 538 valence electrons. The van der Waals surface area contributed by atoms with Crippen LogP contribution in [0.15, 0.2) is 277 Å². The van der Waals surface area contributed by atoms with Gasteiger partial charge in [-0.2, -0.15) is 16.8 Å². The Kier molecular flexibility index (Phi) is 34.0. The maximum absolute atomic E-state index is 12.5. The smallest absolute Gasteiger partial charge is 0.744 e.